The average molecular weight is 281 g/mol. The number of ether oxygens (including phenoxy) is 1. The van der Waals surface area contributed by atoms with E-state index in [0.29, 0.717) is 23.2 Å². The van der Waals surface area contributed by atoms with Crippen LogP contribution in [0.4, 0.5) is 0 Å². The minimum atomic E-state index is 0.480. The van der Waals surface area contributed by atoms with E-state index in [1.807, 2.05) is 38.1 Å². The molecule has 0 fully saturated rings. The van der Waals surface area contributed by atoms with Gasteiger partial charge in [-0.15, -0.1) is 0 Å². The van der Waals surface area contributed by atoms with Gasteiger partial charge in [0.25, 0.3) is 0 Å². The number of aryl methyl sites for hydroxylation is 2. The molecular weight excluding hydrogens is 266 g/mol. The fraction of sp³-hybridized carbons (Fsp3) is 0.200. The largest absolute Gasteiger partial charge is 0.481 e. The van der Waals surface area contributed by atoms with Crippen molar-refractivity contribution >= 4 is 0 Å². The minimum absolute atomic E-state index is 0.480. The maximum Gasteiger partial charge on any atom is 0.218 e. The summed E-state index contributed by atoms with van der Waals surface area (Å²) in [7, 11) is 1.58. The van der Waals surface area contributed by atoms with Crippen LogP contribution in [-0.4, -0.2) is 31.8 Å². The van der Waals surface area contributed by atoms with Gasteiger partial charge in [-0.25, -0.2) is 9.67 Å². The van der Waals surface area contributed by atoms with Gasteiger partial charge in [0, 0.05) is 18.0 Å². The molecule has 3 heterocycles. The summed E-state index contributed by atoms with van der Waals surface area (Å²) in [4.78, 5) is 13.2. The molecule has 0 saturated heterocycles. The second kappa shape index (κ2) is 5.32. The van der Waals surface area contributed by atoms with Crippen LogP contribution in [0.25, 0.3) is 17.3 Å². The van der Waals surface area contributed by atoms with Gasteiger partial charge in [-0.2, -0.15) is 10.1 Å². The molecule has 0 N–H and O–H groups in total. The number of rotatable bonds is 3. The average Bonchev–Trinajstić information content (AvgIpc) is 2.86. The van der Waals surface area contributed by atoms with Gasteiger partial charge >= 0.3 is 0 Å². The first-order chi connectivity index (χ1) is 10.2. The highest BCUT2D eigenvalue weighted by Gasteiger charge is 2.12. The van der Waals surface area contributed by atoms with Crippen molar-refractivity contribution in [3.8, 4) is 23.2 Å². The van der Waals surface area contributed by atoms with Gasteiger partial charge in [-0.05, 0) is 32.0 Å². The Morgan fingerprint density at radius 2 is 1.95 bits per heavy atom. The lowest BCUT2D eigenvalue weighted by Gasteiger charge is -2.08. The number of aromatic nitrogens is 5. The molecule has 0 saturated carbocycles. The molecule has 3 rings (SSSR count). The van der Waals surface area contributed by atoms with Crippen LogP contribution in [-0.2, 0) is 0 Å². The molecule has 0 spiro atoms. The SMILES string of the molecule is COc1cc(-n2nc(C)cc2C)nc(-c2ccccn2)n1. The first-order valence-electron chi connectivity index (χ1n) is 6.55. The summed E-state index contributed by atoms with van der Waals surface area (Å²) in [5, 5.41) is 4.44. The predicted molar refractivity (Wildman–Crippen MR) is 78.4 cm³/mol. The monoisotopic (exact) mass is 281 g/mol. The molecule has 21 heavy (non-hydrogen) atoms. The van der Waals surface area contributed by atoms with Crippen LogP contribution < -0.4 is 4.74 Å². The van der Waals surface area contributed by atoms with Crippen LogP contribution >= 0.6 is 0 Å². The van der Waals surface area contributed by atoms with Crippen molar-refractivity contribution in [1.82, 2.24) is 24.7 Å². The van der Waals surface area contributed by atoms with Crippen molar-refractivity contribution in [3.05, 3.63) is 47.9 Å². The quantitative estimate of drug-likeness (QED) is 0.737. The molecule has 0 aliphatic rings. The van der Waals surface area contributed by atoms with E-state index in [0.717, 1.165) is 11.4 Å². The molecule has 106 valence electrons. The molecule has 0 radical (unpaired) electrons. The molecule has 3 aromatic rings. The molecule has 0 bridgehead atoms. The van der Waals surface area contributed by atoms with Crippen LogP contribution in [0, 0.1) is 13.8 Å². The summed E-state index contributed by atoms with van der Waals surface area (Å²) in [5.74, 6) is 1.65. The summed E-state index contributed by atoms with van der Waals surface area (Å²) in [6, 6.07) is 9.36. The summed E-state index contributed by atoms with van der Waals surface area (Å²) in [6.07, 6.45) is 1.71. The van der Waals surface area contributed by atoms with Gasteiger partial charge < -0.3 is 4.74 Å². The van der Waals surface area contributed by atoms with E-state index in [9.17, 15) is 0 Å². The van der Waals surface area contributed by atoms with Crippen molar-refractivity contribution in [2.45, 2.75) is 13.8 Å². The lowest BCUT2D eigenvalue weighted by molar-refractivity contribution is 0.397. The zero-order chi connectivity index (χ0) is 14.8. The topological polar surface area (TPSA) is 65.7 Å². The lowest BCUT2D eigenvalue weighted by Crippen LogP contribution is -2.05. The molecule has 3 aromatic heterocycles. The molecule has 0 aromatic carbocycles. The summed E-state index contributed by atoms with van der Waals surface area (Å²) in [5.41, 5.74) is 2.63. The Bertz CT molecular complexity index is 767. The van der Waals surface area contributed by atoms with Gasteiger partial charge in [0.2, 0.25) is 5.88 Å². The molecule has 0 aliphatic carbocycles. The number of pyridine rings is 1. The molecular formula is C15H15N5O. The number of nitrogens with zero attached hydrogens (tertiary/aromatic N) is 5. The normalized spacial score (nSPS) is 10.6. The van der Waals surface area contributed by atoms with E-state index in [2.05, 4.69) is 20.1 Å². The second-order valence-corrected chi connectivity index (χ2v) is 4.65. The molecule has 0 atom stereocenters. The van der Waals surface area contributed by atoms with Crippen LogP contribution in [0.15, 0.2) is 36.5 Å². The Balaban J connectivity index is 2.16. The highest BCUT2D eigenvalue weighted by molar-refractivity contribution is 5.51. The summed E-state index contributed by atoms with van der Waals surface area (Å²) < 4.78 is 7.03. The molecule has 0 aliphatic heterocycles. The van der Waals surface area contributed by atoms with Gasteiger partial charge in [-0.1, -0.05) is 6.07 Å². The van der Waals surface area contributed by atoms with E-state index in [-0.39, 0.29) is 0 Å². The smallest absolute Gasteiger partial charge is 0.218 e. The minimum Gasteiger partial charge on any atom is -0.481 e. The maximum absolute atomic E-state index is 5.27. The number of hydrogen-bond acceptors (Lipinski definition) is 5. The van der Waals surface area contributed by atoms with E-state index in [1.54, 1.807) is 24.1 Å². The standard InChI is InChI=1S/C15H15N5O/c1-10-8-11(2)20(19-10)13-9-14(21-3)18-15(17-13)12-6-4-5-7-16-12/h4-9H,1-3H3. The fourth-order valence-electron chi connectivity index (χ4n) is 2.10. The van der Waals surface area contributed by atoms with Crippen molar-refractivity contribution in [1.29, 1.82) is 0 Å². The lowest BCUT2D eigenvalue weighted by atomic mass is 10.3. The Kier molecular flexibility index (Phi) is 3.35. The maximum atomic E-state index is 5.27. The van der Waals surface area contributed by atoms with Crippen molar-refractivity contribution in [3.63, 3.8) is 0 Å². The molecule has 6 nitrogen and oxygen atoms in total. The first kappa shape index (κ1) is 13.2. The number of hydrogen-bond donors (Lipinski definition) is 0. The fourth-order valence-corrected chi connectivity index (χ4v) is 2.10. The Morgan fingerprint density at radius 1 is 1.10 bits per heavy atom. The Labute approximate surface area is 122 Å². The van der Waals surface area contributed by atoms with E-state index < -0.39 is 0 Å². The van der Waals surface area contributed by atoms with Crippen molar-refractivity contribution < 1.29 is 4.74 Å². The third-order valence-electron chi connectivity index (χ3n) is 3.02. The van der Waals surface area contributed by atoms with Crippen LogP contribution in [0.2, 0.25) is 0 Å². The van der Waals surface area contributed by atoms with Gasteiger partial charge in [0.05, 0.1) is 12.8 Å². The predicted octanol–water partition coefficient (Wildman–Crippen LogP) is 2.35. The zero-order valence-electron chi connectivity index (χ0n) is 12.1. The zero-order valence-corrected chi connectivity index (χ0v) is 12.1. The third-order valence-corrected chi connectivity index (χ3v) is 3.02. The van der Waals surface area contributed by atoms with Gasteiger partial charge in [0.15, 0.2) is 11.6 Å². The van der Waals surface area contributed by atoms with Crippen molar-refractivity contribution in [2.24, 2.45) is 0 Å². The van der Waals surface area contributed by atoms with E-state index >= 15 is 0 Å². The van der Waals surface area contributed by atoms with Crippen LogP contribution in [0.5, 0.6) is 5.88 Å². The second-order valence-electron chi connectivity index (χ2n) is 4.65. The Morgan fingerprint density at radius 3 is 2.57 bits per heavy atom. The van der Waals surface area contributed by atoms with Gasteiger partial charge in [0.1, 0.15) is 5.69 Å². The molecule has 0 amide bonds. The molecule has 0 unspecified atom stereocenters. The highest BCUT2D eigenvalue weighted by Crippen LogP contribution is 2.20. The highest BCUT2D eigenvalue weighted by atomic mass is 16.5. The first-order valence-corrected chi connectivity index (χ1v) is 6.55. The summed E-state index contributed by atoms with van der Waals surface area (Å²) in [6.45, 7) is 3.93. The molecule has 6 heteroatoms. The van der Waals surface area contributed by atoms with Crippen LogP contribution in [0.1, 0.15) is 11.4 Å². The third kappa shape index (κ3) is 2.60. The Hall–Kier alpha value is -2.76. The van der Waals surface area contributed by atoms with Gasteiger partial charge in [-0.3, -0.25) is 4.98 Å². The number of methoxy groups -OCH3 is 1. The summed E-state index contributed by atoms with van der Waals surface area (Å²) >= 11 is 0. The van der Waals surface area contributed by atoms with Crippen molar-refractivity contribution in [2.75, 3.05) is 7.11 Å². The van der Waals surface area contributed by atoms with Crippen LogP contribution in [0.3, 0.4) is 0 Å². The van der Waals surface area contributed by atoms with E-state index in [1.165, 1.54) is 0 Å². The van der Waals surface area contributed by atoms with E-state index in [4.69, 9.17) is 4.74 Å².